The number of rotatable bonds is 5. The molecule has 5 heteroatoms. The van der Waals surface area contributed by atoms with Crippen molar-refractivity contribution in [3.8, 4) is 0 Å². The highest BCUT2D eigenvalue weighted by molar-refractivity contribution is 6.03. The molecule has 0 aromatic heterocycles. The molecule has 124 valence electrons. The van der Waals surface area contributed by atoms with Crippen molar-refractivity contribution < 1.29 is 19.4 Å². The second-order valence-corrected chi connectivity index (χ2v) is 6.25. The van der Waals surface area contributed by atoms with Crippen molar-refractivity contribution in [1.29, 1.82) is 0 Å². The van der Waals surface area contributed by atoms with Gasteiger partial charge in [-0.05, 0) is 32.3 Å². The zero-order valence-corrected chi connectivity index (χ0v) is 14.3. The Balaban J connectivity index is 2.91. The lowest BCUT2D eigenvalue weighted by atomic mass is 9.95. The molecule has 3 atom stereocenters. The van der Waals surface area contributed by atoms with Crippen LogP contribution in [0, 0.1) is 11.8 Å². The molecule has 1 aliphatic heterocycles. The average Bonchev–Trinajstić information content (AvgIpc) is 2.86. The van der Waals surface area contributed by atoms with Gasteiger partial charge in [0, 0.05) is 11.5 Å². The molecule has 0 aromatic carbocycles. The fourth-order valence-corrected chi connectivity index (χ4v) is 2.49. The van der Waals surface area contributed by atoms with Gasteiger partial charge in [-0.3, -0.25) is 4.79 Å². The van der Waals surface area contributed by atoms with Crippen LogP contribution in [0.4, 0.5) is 4.79 Å². The lowest BCUT2D eigenvalue weighted by molar-refractivity contribution is -0.125. The third kappa shape index (κ3) is 3.97. The molecule has 5 nitrogen and oxygen atoms in total. The first kappa shape index (κ1) is 18.4. The Bertz CT molecular complexity index is 493. The number of nitrogens with zero attached hydrogens (tertiary/aromatic N) is 1. The molecular weight excluding hydrogens is 282 g/mol. The molecule has 1 N–H and O–H groups in total. The van der Waals surface area contributed by atoms with Crippen LogP contribution in [0.25, 0.3) is 0 Å². The Hall–Kier alpha value is -1.62. The molecule has 1 heterocycles. The van der Waals surface area contributed by atoms with E-state index in [0.717, 1.165) is 5.57 Å². The van der Waals surface area contributed by atoms with E-state index >= 15 is 0 Å². The minimum Gasteiger partial charge on any atom is -0.447 e. The molecule has 22 heavy (non-hydrogen) atoms. The summed E-state index contributed by atoms with van der Waals surface area (Å²) in [6.07, 6.45) is 2.33. The number of aliphatic hydroxyl groups is 1. The van der Waals surface area contributed by atoms with Gasteiger partial charge < -0.3 is 9.84 Å². The van der Waals surface area contributed by atoms with Crippen molar-refractivity contribution in [1.82, 2.24) is 4.90 Å². The minimum absolute atomic E-state index is 0.136. The van der Waals surface area contributed by atoms with E-state index in [1.807, 2.05) is 40.7 Å². The molecule has 0 spiro atoms. The summed E-state index contributed by atoms with van der Waals surface area (Å²) in [4.78, 5) is 25.5. The number of aliphatic hydroxyl groups excluding tert-OH is 1. The molecule has 0 saturated carbocycles. The van der Waals surface area contributed by atoms with Crippen molar-refractivity contribution in [2.75, 3.05) is 6.61 Å². The molecule has 0 bridgehead atoms. The van der Waals surface area contributed by atoms with Crippen LogP contribution in [0.5, 0.6) is 0 Å². The number of ether oxygens (including phenoxy) is 1. The fourth-order valence-electron chi connectivity index (χ4n) is 2.49. The van der Waals surface area contributed by atoms with Gasteiger partial charge in [0.05, 0.1) is 12.1 Å². The van der Waals surface area contributed by atoms with Gasteiger partial charge in [0.1, 0.15) is 6.61 Å². The maximum absolute atomic E-state index is 12.5. The first-order valence-electron chi connectivity index (χ1n) is 7.70. The van der Waals surface area contributed by atoms with Crippen LogP contribution >= 0.6 is 0 Å². The van der Waals surface area contributed by atoms with Gasteiger partial charge in [-0.15, -0.1) is 0 Å². The number of amides is 2. The Morgan fingerprint density at radius 2 is 1.95 bits per heavy atom. The third-order valence-corrected chi connectivity index (χ3v) is 4.16. The van der Waals surface area contributed by atoms with Crippen LogP contribution in [0.1, 0.15) is 41.5 Å². The second-order valence-electron chi connectivity index (χ2n) is 6.25. The largest absolute Gasteiger partial charge is 0.447 e. The van der Waals surface area contributed by atoms with Gasteiger partial charge in [0.2, 0.25) is 0 Å². The Morgan fingerprint density at radius 1 is 1.36 bits per heavy atom. The van der Waals surface area contributed by atoms with E-state index in [-0.39, 0.29) is 30.4 Å². The van der Waals surface area contributed by atoms with Crippen LogP contribution in [-0.4, -0.2) is 40.8 Å². The summed E-state index contributed by atoms with van der Waals surface area (Å²) >= 11 is 0. The van der Waals surface area contributed by atoms with Crippen molar-refractivity contribution >= 4 is 12.0 Å². The van der Waals surface area contributed by atoms with E-state index in [1.165, 1.54) is 4.90 Å². The number of imide groups is 1. The number of cyclic esters (lactones) is 1. The fraction of sp³-hybridized carbons (Fsp3) is 0.647. The van der Waals surface area contributed by atoms with Crippen molar-refractivity contribution in [3.63, 3.8) is 0 Å². The van der Waals surface area contributed by atoms with Crippen LogP contribution in [-0.2, 0) is 9.53 Å². The molecule has 1 rings (SSSR count). The number of hydrogen-bond acceptors (Lipinski definition) is 4. The van der Waals surface area contributed by atoms with Gasteiger partial charge in [-0.2, -0.15) is 0 Å². The first-order valence-corrected chi connectivity index (χ1v) is 7.70. The summed E-state index contributed by atoms with van der Waals surface area (Å²) in [5.74, 6) is -0.425. The summed E-state index contributed by atoms with van der Waals surface area (Å²) in [6.45, 7) is 11.4. The summed E-state index contributed by atoms with van der Waals surface area (Å²) < 4.78 is 5.00. The SMILES string of the molecule is C/C=C(\C)[C@H](O)[C@H](C)/C=C(\C)C(=O)N1C(=O)OC[C@H]1C(C)C. The van der Waals surface area contributed by atoms with E-state index in [4.69, 9.17) is 4.74 Å². The zero-order chi connectivity index (χ0) is 17.0. The lowest BCUT2D eigenvalue weighted by Crippen LogP contribution is -2.42. The molecule has 1 fully saturated rings. The predicted molar refractivity (Wildman–Crippen MR) is 85.2 cm³/mol. The van der Waals surface area contributed by atoms with E-state index < -0.39 is 12.2 Å². The molecule has 0 radical (unpaired) electrons. The van der Waals surface area contributed by atoms with Crippen LogP contribution in [0.3, 0.4) is 0 Å². The highest BCUT2D eigenvalue weighted by Crippen LogP contribution is 2.23. The Morgan fingerprint density at radius 3 is 2.45 bits per heavy atom. The smallest absolute Gasteiger partial charge is 0.417 e. The van der Waals surface area contributed by atoms with Crippen LogP contribution in [0.15, 0.2) is 23.3 Å². The van der Waals surface area contributed by atoms with Crippen molar-refractivity contribution in [3.05, 3.63) is 23.3 Å². The monoisotopic (exact) mass is 309 g/mol. The van der Waals surface area contributed by atoms with E-state index in [1.54, 1.807) is 13.0 Å². The molecule has 1 aliphatic rings. The topological polar surface area (TPSA) is 66.8 Å². The maximum Gasteiger partial charge on any atom is 0.417 e. The third-order valence-electron chi connectivity index (χ3n) is 4.16. The Labute approximate surface area is 132 Å². The Kier molecular flexibility index (Phi) is 6.35. The molecule has 1 saturated heterocycles. The molecule has 0 aromatic rings. The summed E-state index contributed by atoms with van der Waals surface area (Å²) in [6, 6.07) is -0.235. The van der Waals surface area contributed by atoms with Crippen molar-refractivity contribution in [2.24, 2.45) is 11.8 Å². The van der Waals surface area contributed by atoms with Gasteiger partial charge in [0.25, 0.3) is 5.91 Å². The highest BCUT2D eigenvalue weighted by Gasteiger charge is 2.39. The first-order chi connectivity index (χ1) is 10.2. The predicted octanol–water partition coefficient (Wildman–Crippen LogP) is 2.90. The lowest BCUT2D eigenvalue weighted by Gasteiger charge is -2.23. The number of carbonyl (C=O) groups excluding carboxylic acids is 2. The average molecular weight is 309 g/mol. The quantitative estimate of drug-likeness (QED) is 0.626. The normalized spacial score (nSPS) is 22.8. The minimum atomic E-state index is -0.640. The van der Waals surface area contributed by atoms with Crippen molar-refractivity contribution in [2.45, 2.75) is 53.7 Å². The maximum atomic E-state index is 12.5. The van der Waals surface area contributed by atoms with Gasteiger partial charge >= 0.3 is 6.09 Å². The van der Waals surface area contributed by atoms with Gasteiger partial charge in [0.15, 0.2) is 0 Å². The summed E-state index contributed by atoms with van der Waals surface area (Å²) in [5.41, 5.74) is 1.30. The molecule has 0 aliphatic carbocycles. The molecule has 0 unspecified atom stereocenters. The second kappa shape index (κ2) is 7.58. The highest BCUT2D eigenvalue weighted by atomic mass is 16.6. The molecular formula is C17H27NO4. The van der Waals surface area contributed by atoms with Gasteiger partial charge in [-0.1, -0.05) is 32.9 Å². The van der Waals surface area contributed by atoms with Gasteiger partial charge in [-0.25, -0.2) is 9.69 Å². The summed E-state index contributed by atoms with van der Waals surface area (Å²) in [5, 5.41) is 10.1. The number of hydrogen-bond donors (Lipinski definition) is 1. The zero-order valence-electron chi connectivity index (χ0n) is 14.3. The van der Waals surface area contributed by atoms with E-state index in [2.05, 4.69) is 0 Å². The van der Waals surface area contributed by atoms with E-state index in [9.17, 15) is 14.7 Å². The van der Waals surface area contributed by atoms with E-state index in [0.29, 0.717) is 5.57 Å². The van der Waals surface area contributed by atoms with Crippen LogP contribution in [0.2, 0.25) is 0 Å². The summed E-state index contributed by atoms with van der Waals surface area (Å²) in [7, 11) is 0. The number of allylic oxidation sites excluding steroid dienone is 1. The molecule has 2 amide bonds. The number of carbonyl (C=O) groups is 2. The standard InChI is InChI=1S/C17H27NO4/c1-7-11(4)15(19)12(5)8-13(6)16(20)18-14(10(2)3)9-22-17(18)21/h7-8,10,12,14-15,19H,9H2,1-6H3/b11-7+,13-8+/t12-,14+,15+/m1/s1. The van der Waals surface area contributed by atoms with Crippen LogP contribution < -0.4 is 0 Å².